The van der Waals surface area contributed by atoms with E-state index >= 15 is 0 Å². The summed E-state index contributed by atoms with van der Waals surface area (Å²) in [7, 11) is 0. The second-order valence-electron chi connectivity index (χ2n) is 6.19. The lowest BCUT2D eigenvalue weighted by molar-refractivity contribution is 0.0949. The van der Waals surface area contributed by atoms with Crippen LogP contribution < -0.4 is 5.32 Å². The lowest BCUT2D eigenvalue weighted by atomic mass is 9.92. The molecule has 2 atom stereocenters. The van der Waals surface area contributed by atoms with Crippen molar-refractivity contribution < 1.29 is 13.6 Å². The molecule has 1 aliphatic carbocycles. The van der Waals surface area contributed by atoms with Crippen molar-refractivity contribution in [1.82, 2.24) is 5.32 Å². The number of rotatable bonds is 4. The molecule has 0 heterocycles. The first-order valence-electron chi connectivity index (χ1n) is 7.52. The number of hydrogen-bond acceptors (Lipinski definition) is 1. The van der Waals surface area contributed by atoms with Gasteiger partial charge in [-0.05, 0) is 42.2 Å². The van der Waals surface area contributed by atoms with Crippen LogP contribution >= 0.6 is 23.2 Å². The van der Waals surface area contributed by atoms with E-state index in [1.54, 1.807) is 12.1 Å². The van der Waals surface area contributed by atoms with Gasteiger partial charge in [-0.3, -0.25) is 4.79 Å². The Bertz CT molecular complexity index is 812. The van der Waals surface area contributed by atoms with Gasteiger partial charge in [-0.1, -0.05) is 36.2 Å². The van der Waals surface area contributed by atoms with Gasteiger partial charge in [0.2, 0.25) is 0 Å². The Labute approximate surface area is 148 Å². The van der Waals surface area contributed by atoms with Gasteiger partial charge in [0, 0.05) is 23.0 Å². The van der Waals surface area contributed by atoms with Crippen LogP contribution in [0, 0.1) is 17.6 Å². The summed E-state index contributed by atoms with van der Waals surface area (Å²) in [4.78, 5) is 12.4. The maximum Gasteiger partial charge on any atom is 0.252 e. The first-order valence-corrected chi connectivity index (χ1v) is 8.28. The lowest BCUT2D eigenvalue weighted by Crippen LogP contribution is -2.34. The fourth-order valence-corrected chi connectivity index (χ4v) is 3.48. The Hall–Kier alpha value is -1.65. The zero-order valence-electron chi connectivity index (χ0n) is 12.9. The predicted octanol–water partition coefficient (Wildman–Crippen LogP) is 4.98. The topological polar surface area (TPSA) is 29.1 Å². The molecule has 2 aromatic rings. The molecule has 6 heteroatoms. The molecule has 0 spiro atoms. The average molecular weight is 370 g/mol. The van der Waals surface area contributed by atoms with Crippen molar-refractivity contribution in [3.05, 3.63) is 69.2 Å². The average Bonchev–Trinajstić information content (AvgIpc) is 3.18. The largest absolute Gasteiger partial charge is 0.351 e. The summed E-state index contributed by atoms with van der Waals surface area (Å²) in [6, 6.07) is 8.19. The molecular weight excluding hydrogens is 355 g/mol. The number of nitrogens with one attached hydrogen (secondary N) is 1. The fraction of sp³-hybridized carbons (Fsp3) is 0.278. The molecule has 3 rings (SSSR count). The summed E-state index contributed by atoms with van der Waals surface area (Å²) >= 11 is 11.9. The molecule has 1 aliphatic rings. The summed E-state index contributed by atoms with van der Waals surface area (Å²) in [5, 5.41) is 3.50. The van der Waals surface area contributed by atoms with Crippen LogP contribution in [0.5, 0.6) is 0 Å². The van der Waals surface area contributed by atoms with Crippen molar-refractivity contribution in [1.29, 1.82) is 0 Å². The van der Waals surface area contributed by atoms with Crippen LogP contribution in [0.3, 0.4) is 0 Å². The number of benzene rings is 2. The van der Waals surface area contributed by atoms with Gasteiger partial charge < -0.3 is 5.32 Å². The second-order valence-corrected chi connectivity index (χ2v) is 7.04. The van der Waals surface area contributed by atoms with Gasteiger partial charge in [0.05, 0.1) is 10.6 Å². The fourth-order valence-electron chi connectivity index (χ4n) is 3.10. The molecule has 1 fully saturated rings. The van der Waals surface area contributed by atoms with E-state index in [9.17, 15) is 13.6 Å². The Balaban J connectivity index is 1.79. The monoisotopic (exact) mass is 369 g/mol. The molecule has 126 valence electrons. The van der Waals surface area contributed by atoms with Gasteiger partial charge >= 0.3 is 0 Å². The minimum absolute atomic E-state index is 0.188. The quantitative estimate of drug-likeness (QED) is 0.808. The van der Waals surface area contributed by atoms with E-state index in [2.05, 4.69) is 5.32 Å². The van der Waals surface area contributed by atoms with Crippen molar-refractivity contribution in [2.45, 2.75) is 18.8 Å². The Morgan fingerprint density at radius 3 is 2.58 bits per heavy atom. The van der Waals surface area contributed by atoms with Crippen LogP contribution in [0.25, 0.3) is 0 Å². The zero-order chi connectivity index (χ0) is 17.5. The van der Waals surface area contributed by atoms with Crippen LogP contribution in [0.4, 0.5) is 8.78 Å². The van der Waals surface area contributed by atoms with E-state index in [1.807, 2.05) is 6.92 Å². The third-order valence-corrected chi connectivity index (χ3v) is 5.22. The first kappa shape index (κ1) is 17.2. The van der Waals surface area contributed by atoms with E-state index in [0.717, 1.165) is 12.5 Å². The van der Waals surface area contributed by atoms with E-state index in [0.29, 0.717) is 15.6 Å². The molecular formula is C18H15Cl2F2NO. The molecule has 1 amide bonds. The van der Waals surface area contributed by atoms with Crippen LogP contribution in [0.2, 0.25) is 10.0 Å². The van der Waals surface area contributed by atoms with Crippen LogP contribution in [-0.4, -0.2) is 12.5 Å². The van der Waals surface area contributed by atoms with Gasteiger partial charge in [-0.15, -0.1) is 0 Å². The number of halogens is 4. The first-order chi connectivity index (χ1) is 11.3. The number of hydrogen-bond donors (Lipinski definition) is 1. The minimum atomic E-state index is -0.616. The van der Waals surface area contributed by atoms with Crippen molar-refractivity contribution in [3.8, 4) is 0 Å². The standard InChI is InChI=1S/C18H15Cl2F2NO/c1-10-8-18(10,14-4-3-12(21)7-16(14)22)9-23-17(24)13-6-11(19)2-5-15(13)20/h2-7,10H,8-9H2,1H3,(H,23,24). The summed E-state index contributed by atoms with van der Waals surface area (Å²) in [5.41, 5.74) is 0.180. The molecule has 0 saturated heterocycles. The molecule has 1 N–H and O–H groups in total. The van der Waals surface area contributed by atoms with E-state index in [4.69, 9.17) is 23.2 Å². The molecule has 0 aliphatic heterocycles. The normalized spacial score (nSPS) is 22.3. The molecule has 2 nitrogen and oxygen atoms in total. The van der Waals surface area contributed by atoms with E-state index < -0.39 is 17.0 Å². The molecule has 2 aromatic carbocycles. The van der Waals surface area contributed by atoms with E-state index in [-0.39, 0.29) is 23.9 Å². The zero-order valence-corrected chi connectivity index (χ0v) is 14.4. The van der Waals surface area contributed by atoms with Gasteiger partial charge in [0.15, 0.2) is 0 Å². The van der Waals surface area contributed by atoms with Gasteiger partial charge in [-0.2, -0.15) is 0 Å². The number of carbonyl (C=O) groups is 1. The Morgan fingerprint density at radius 1 is 1.25 bits per heavy atom. The van der Waals surface area contributed by atoms with Crippen molar-refractivity contribution >= 4 is 29.1 Å². The highest BCUT2D eigenvalue weighted by atomic mass is 35.5. The lowest BCUT2D eigenvalue weighted by Gasteiger charge is -2.19. The van der Waals surface area contributed by atoms with Crippen molar-refractivity contribution in [2.75, 3.05) is 6.54 Å². The molecule has 1 saturated carbocycles. The van der Waals surface area contributed by atoms with Crippen LogP contribution in [0.15, 0.2) is 36.4 Å². The summed E-state index contributed by atoms with van der Waals surface area (Å²) in [6.45, 7) is 2.22. The maximum atomic E-state index is 14.1. The van der Waals surface area contributed by atoms with Crippen LogP contribution in [0.1, 0.15) is 29.3 Å². The third-order valence-electron chi connectivity index (χ3n) is 4.66. The Kier molecular flexibility index (Phi) is 4.54. The molecule has 24 heavy (non-hydrogen) atoms. The Morgan fingerprint density at radius 2 is 1.96 bits per heavy atom. The SMILES string of the molecule is CC1CC1(CNC(=O)c1cc(Cl)ccc1Cl)c1ccc(F)cc1F. The second kappa shape index (κ2) is 6.34. The van der Waals surface area contributed by atoms with Gasteiger partial charge in [0.1, 0.15) is 11.6 Å². The minimum Gasteiger partial charge on any atom is -0.351 e. The molecule has 0 bridgehead atoms. The smallest absolute Gasteiger partial charge is 0.252 e. The van der Waals surface area contributed by atoms with Gasteiger partial charge in [0.25, 0.3) is 5.91 Å². The highest BCUT2D eigenvalue weighted by Crippen LogP contribution is 2.54. The highest BCUT2D eigenvalue weighted by Gasteiger charge is 2.53. The number of amides is 1. The molecule has 2 unspecified atom stereocenters. The van der Waals surface area contributed by atoms with Crippen molar-refractivity contribution in [2.24, 2.45) is 5.92 Å². The summed E-state index contributed by atoms with van der Waals surface area (Å²) in [6.07, 6.45) is 0.721. The predicted molar refractivity (Wildman–Crippen MR) is 90.6 cm³/mol. The van der Waals surface area contributed by atoms with E-state index in [1.165, 1.54) is 18.2 Å². The maximum absolute atomic E-state index is 14.1. The third kappa shape index (κ3) is 3.13. The summed E-state index contributed by atoms with van der Waals surface area (Å²) < 4.78 is 27.3. The molecule has 0 aromatic heterocycles. The number of carbonyl (C=O) groups excluding carboxylic acids is 1. The molecule has 0 radical (unpaired) electrons. The van der Waals surface area contributed by atoms with Crippen LogP contribution in [-0.2, 0) is 5.41 Å². The highest BCUT2D eigenvalue weighted by molar-refractivity contribution is 6.35. The van der Waals surface area contributed by atoms with Crippen molar-refractivity contribution in [3.63, 3.8) is 0 Å². The van der Waals surface area contributed by atoms with Gasteiger partial charge in [-0.25, -0.2) is 8.78 Å². The summed E-state index contributed by atoms with van der Waals surface area (Å²) in [5.74, 6) is -1.39.